The quantitative estimate of drug-likeness (QED) is 0.713. The molecular weight excluding hydrogens is 240 g/mol. The van der Waals surface area contributed by atoms with E-state index in [4.69, 9.17) is 4.74 Å². The van der Waals surface area contributed by atoms with Gasteiger partial charge in [-0.25, -0.2) is 0 Å². The summed E-state index contributed by atoms with van der Waals surface area (Å²) >= 11 is 0. The van der Waals surface area contributed by atoms with Gasteiger partial charge in [-0.2, -0.15) is 0 Å². The third kappa shape index (κ3) is 3.30. The van der Waals surface area contributed by atoms with E-state index >= 15 is 0 Å². The van der Waals surface area contributed by atoms with Crippen molar-refractivity contribution in [2.24, 2.45) is 5.92 Å². The third-order valence-corrected chi connectivity index (χ3v) is 5.21. The second kappa shape index (κ2) is 6.08. The van der Waals surface area contributed by atoms with E-state index in [-0.39, 0.29) is 0 Å². The number of ether oxygens (including phenoxy) is 1. The van der Waals surface area contributed by atoms with Crippen molar-refractivity contribution in [1.82, 2.24) is 10.6 Å². The van der Waals surface area contributed by atoms with E-state index < -0.39 is 5.60 Å². The highest BCUT2D eigenvalue weighted by atomic mass is 16.5. The summed E-state index contributed by atoms with van der Waals surface area (Å²) in [6.45, 7) is 3.09. The summed E-state index contributed by atoms with van der Waals surface area (Å²) in [5.41, 5.74) is -0.618. The zero-order valence-corrected chi connectivity index (χ0v) is 11.9. The first-order valence-electron chi connectivity index (χ1n) is 8.04. The fourth-order valence-corrected chi connectivity index (χ4v) is 4.02. The van der Waals surface area contributed by atoms with E-state index in [0.717, 1.165) is 12.3 Å². The predicted octanol–water partition coefficient (Wildman–Crippen LogP) is 1.04. The zero-order valence-electron chi connectivity index (χ0n) is 11.9. The molecule has 0 aromatic rings. The molecule has 2 saturated heterocycles. The lowest BCUT2D eigenvalue weighted by Crippen LogP contribution is -2.50. The molecule has 1 aliphatic carbocycles. The van der Waals surface area contributed by atoms with Crippen LogP contribution in [0.1, 0.15) is 44.9 Å². The van der Waals surface area contributed by atoms with Gasteiger partial charge in [0.25, 0.3) is 0 Å². The monoisotopic (exact) mass is 268 g/mol. The van der Waals surface area contributed by atoms with E-state index in [1.54, 1.807) is 0 Å². The maximum Gasteiger partial charge on any atom is 0.102 e. The largest absolute Gasteiger partial charge is 0.386 e. The van der Waals surface area contributed by atoms with Gasteiger partial charge in [0, 0.05) is 31.7 Å². The average Bonchev–Trinajstić information content (AvgIpc) is 3.07. The Bertz CT molecular complexity index is 286. The van der Waals surface area contributed by atoms with Crippen molar-refractivity contribution >= 4 is 0 Å². The van der Waals surface area contributed by atoms with Gasteiger partial charge in [0.1, 0.15) is 5.60 Å². The second-order valence-electron chi connectivity index (χ2n) is 6.67. The molecule has 4 atom stereocenters. The molecule has 3 N–H and O–H groups in total. The van der Waals surface area contributed by atoms with Crippen LogP contribution in [0.5, 0.6) is 0 Å². The minimum absolute atomic E-state index is 0.499. The average molecular weight is 268 g/mol. The Morgan fingerprint density at radius 2 is 2.16 bits per heavy atom. The van der Waals surface area contributed by atoms with Crippen molar-refractivity contribution < 1.29 is 9.84 Å². The van der Waals surface area contributed by atoms with Crippen molar-refractivity contribution in [3.8, 4) is 0 Å². The molecule has 2 aliphatic heterocycles. The standard InChI is InChI=1S/C15H28N2O2/c18-15(7-9-19-11-15)10-17-14-6-3-4-12(14)13-5-1-2-8-16-13/h12-14,16-18H,1-11H2. The summed E-state index contributed by atoms with van der Waals surface area (Å²) in [5, 5.41) is 17.7. The van der Waals surface area contributed by atoms with Gasteiger partial charge in [0.2, 0.25) is 0 Å². The van der Waals surface area contributed by atoms with E-state index in [1.807, 2.05) is 0 Å². The molecule has 110 valence electrons. The number of aliphatic hydroxyl groups is 1. The SMILES string of the molecule is OC1(CNC2CCCC2C2CCCCN2)CCOC1. The summed E-state index contributed by atoms with van der Waals surface area (Å²) in [7, 11) is 0. The Balaban J connectivity index is 1.51. The van der Waals surface area contributed by atoms with E-state index in [2.05, 4.69) is 10.6 Å². The zero-order chi connectivity index (χ0) is 13.1. The summed E-state index contributed by atoms with van der Waals surface area (Å²) in [5.74, 6) is 0.756. The van der Waals surface area contributed by atoms with Crippen LogP contribution in [0.4, 0.5) is 0 Å². The molecule has 4 nitrogen and oxygen atoms in total. The van der Waals surface area contributed by atoms with E-state index in [0.29, 0.717) is 31.8 Å². The molecule has 2 heterocycles. The van der Waals surface area contributed by atoms with Gasteiger partial charge in [-0.05, 0) is 38.1 Å². The molecule has 0 aromatic carbocycles. The molecular formula is C15H28N2O2. The van der Waals surface area contributed by atoms with Gasteiger partial charge in [0.15, 0.2) is 0 Å². The Morgan fingerprint density at radius 3 is 2.89 bits per heavy atom. The molecule has 0 spiro atoms. The molecule has 3 aliphatic rings. The lowest BCUT2D eigenvalue weighted by atomic mass is 9.88. The molecule has 4 unspecified atom stereocenters. The predicted molar refractivity (Wildman–Crippen MR) is 75.2 cm³/mol. The van der Waals surface area contributed by atoms with Crippen molar-refractivity contribution in [2.75, 3.05) is 26.3 Å². The van der Waals surface area contributed by atoms with Crippen LogP contribution in [-0.2, 0) is 4.74 Å². The van der Waals surface area contributed by atoms with Crippen molar-refractivity contribution in [3.05, 3.63) is 0 Å². The summed E-state index contributed by atoms with van der Waals surface area (Å²) in [6.07, 6.45) is 8.74. The van der Waals surface area contributed by atoms with Gasteiger partial charge < -0.3 is 20.5 Å². The molecule has 3 rings (SSSR count). The molecule has 4 heteroatoms. The number of hydrogen-bond donors (Lipinski definition) is 3. The minimum atomic E-state index is -0.618. The highest BCUT2D eigenvalue weighted by Gasteiger charge is 2.37. The molecule has 3 fully saturated rings. The smallest absolute Gasteiger partial charge is 0.102 e. The van der Waals surface area contributed by atoms with Crippen LogP contribution >= 0.6 is 0 Å². The Hall–Kier alpha value is -0.160. The maximum absolute atomic E-state index is 10.3. The number of piperidine rings is 1. The number of rotatable bonds is 4. The van der Waals surface area contributed by atoms with Gasteiger partial charge in [-0.3, -0.25) is 0 Å². The van der Waals surface area contributed by atoms with Crippen molar-refractivity contribution in [2.45, 2.75) is 62.6 Å². The lowest BCUT2D eigenvalue weighted by molar-refractivity contribution is 0.0230. The molecule has 1 saturated carbocycles. The normalized spacial score (nSPS) is 43.7. The number of nitrogens with one attached hydrogen (secondary N) is 2. The molecule has 0 aromatic heterocycles. The molecule has 19 heavy (non-hydrogen) atoms. The van der Waals surface area contributed by atoms with Gasteiger partial charge in [-0.1, -0.05) is 12.8 Å². The summed E-state index contributed by atoms with van der Waals surface area (Å²) in [4.78, 5) is 0. The van der Waals surface area contributed by atoms with Gasteiger partial charge >= 0.3 is 0 Å². The van der Waals surface area contributed by atoms with Crippen LogP contribution in [0.3, 0.4) is 0 Å². The second-order valence-corrected chi connectivity index (χ2v) is 6.67. The fourth-order valence-electron chi connectivity index (χ4n) is 4.02. The summed E-state index contributed by atoms with van der Waals surface area (Å²) < 4.78 is 5.32. The Morgan fingerprint density at radius 1 is 1.21 bits per heavy atom. The fraction of sp³-hybridized carbons (Fsp3) is 1.00. The molecule has 0 amide bonds. The Kier molecular flexibility index (Phi) is 4.42. The maximum atomic E-state index is 10.3. The first-order chi connectivity index (χ1) is 9.27. The van der Waals surface area contributed by atoms with Crippen LogP contribution in [-0.4, -0.2) is 49.1 Å². The van der Waals surface area contributed by atoms with E-state index in [9.17, 15) is 5.11 Å². The van der Waals surface area contributed by atoms with Crippen LogP contribution < -0.4 is 10.6 Å². The van der Waals surface area contributed by atoms with Crippen molar-refractivity contribution in [3.63, 3.8) is 0 Å². The first kappa shape index (κ1) is 13.8. The van der Waals surface area contributed by atoms with Crippen LogP contribution in [0.25, 0.3) is 0 Å². The van der Waals surface area contributed by atoms with Gasteiger partial charge in [0.05, 0.1) is 6.61 Å². The van der Waals surface area contributed by atoms with Crippen LogP contribution in [0.2, 0.25) is 0 Å². The first-order valence-corrected chi connectivity index (χ1v) is 8.04. The molecule has 0 radical (unpaired) electrons. The summed E-state index contributed by atoms with van der Waals surface area (Å²) in [6, 6.07) is 1.28. The highest BCUT2D eigenvalue weighted by molar-refractivity contribution is 4.94. The van der Waals surface area contributed by atoms with E-state index in [1.165, 1.54) is 45.1 Å². The number of hydrogen-bond acceptors (Lipinski definition) is 4. The molecule has 0 bridgehead atoms. The highest BCUT2D eigenvalue weighted by Crippen LogP contribution is 2.32. The van der Waals surface area contributed by atoms with Crippen LogP contribution in [0.15, 0.2) is 0 Å². The van der Waals surface area contributed by atoms with Crippen molar-refractivity contribution in [1.29, 1.82) is 0 Å². The van der Waals surface area contributed by atoms with Gasteiger partial charge in [-0.15, -0.1) is 0 Å². The topological polar surface area (TPSA) is 53.5 Å². The van der Waals surface area contributed by atoms with Crippen LogP contribution in [0, 0.1) is 5.92 Å². The lowest BCUT2D eigenvalue weighted by Gasteiger charge is -2.34. The third-order valence-electron chi connectivity index (χ3n) is 5.21. The minimum Gasteiger partial charge on any atom is -0.386 e. The Labute approximate surface area is 116 Å².